The summed E-state index contributed by atoms with van der Waals surface area (Å²) in [5.74, 6) is -2.91. The summed E-state index contributed by atoms with van der Waals surface area (Å²) in [5, 5.41) is 17.5. The van der Waals surface area contributed by atoms with Crippen molar-refractivity contribution in [3.63, 3.8) is 0 Å². The maximum absolute atomic E-state index is 10.9. The van der Waals surface area contributed by atoms with Crippen LogP contribution in [0.3, 0.4) is 0 Å². The number of aliphatic carboxylic acids is 2. The molecular formula is C9H17NO4. The van der Waals surface area contributed by atoms with Crippen LogP contribution >= 0.6 is 0 Å². The summed E-state index contributed by atoms with van der Waals surface area (Å²) in [6.45, 7) is 5.25. The zero-order chi connectivity index (χ0) is 11.5. The molecule has 0 aliphatic carbocycles. The third-order valence-corrected chi connectivity index (χ3v) is 2.15. The fourth-order valence-electron chi connectivity index (χ4n) is 1.18. The highest BCUT2D eigenvalue weighted by Gasteiger charge is 2.34. The van der Waals surface area contributed by atoms with E-state index in [1.807, 2.05) is 0 Å². The summed E-state index contributed by atoms with van der Waals surface area (Å²) < 4.78 is 0. The van der Waals surface area contributed by atoms with E-state index in [1.165, 1.54) is 0 Å². The van der Waals surface area contributed by atoms with Crippen molar-refractivity contribution in [3.8, 4) is 0 Å². The van der Waals surface area contributed by atoms with Crippen molar-refractivity contribution in [2.24, 2.45) is 17.1 Å². The molecule has 0 aromatic heterocycles. The molecule has 14 heavy (non-hydrogen) atoms. The molecule has 1 unspecified atom stereocenters. The number of hydrogen-bond acceptors (Lipinski definition) is 3. The molecule has 0 rings (SSSR count). The van der Waals surface area contributed by atoms with E-state index in [1.54, 1.807) is 20.8 Å². The number of rotatable bonds is 4. The average Bonchev–Trinajstić information content (AvgIpc) is 1.96. The standard InChI is InChI=1S/C9H17NO4/c1-9(2,3)5(7(11)12)4-6(10)8(13)14/h5-6H,4,10H2,1-3H3,(H,11,12)(H,13,14)/t5?,6-/m0/s1. The van der Waals surface area contributed by atoms with Crippen LogP contribution in [0, 0.1) is 11.3 Å². The SMILES string of the molecule is CC(C)(C)C(C[C@H](N)C(=O)O)C(=O)O. The molecule has 0 aliphatic heterocycles. The molecular weight excluding hydrogens is 186 g/mol. The second-order valence-electron chi connectivity index (χ2n) is 4.44. The molecule has 4 N–H and O–H groups in total. The lowest BCUT2D eigenvalue weighted by Crippen LogP contribution is -2.39. The molecule has 0 saturated carbocycles. The molecule has 0 heterocycles. The van der Waals surface area contributed by atoms with Crippen LogP contribution in [0.25, 0.3) is 0 Å². The van der Waals surface area contributed by atoms with E-state index in [0.29, 0.717) is 0 Å². The Hall–Kier alpha value is -1.10. The monoisotopic (exact) mass is 203 g/mol. The molecule has 5 heteroatoms. The van der Waals surface area contributed by atoms with Crippen molar-refractivity contribution >= 4 is 11.9 Å². The van der Waals surface area contributed by atoms with E-state index in [-0.39, 0.29) is 6.42 Å². The third-order valence-electron chi connectivity index (χ3n) is 2.15. The molecule has 82 valence electrons. The molecule has 0 amide bonds. The highest BCUT2D eigenvalue weighted by molar-refractivity contribution is 5.76. The summed E-state index contributed by atoms with van der Waals surface area (Å²) in [7, 11) is 0. The lowest BCUT2D eigenvalue weighted by atomic mass is 9.77. The Bertz CT molecular complexity index is 231. The van der Waals surface area contributed by atoms with Crippen LogP contribution < -0.4 is 5.73 Å². The van der Waals surface area contributed by atoms with Gasteiger partial charge in [-0.1, -0.05) is 20.8 Å². The highest BCUT2D eigenvalue weighted by Crippen LogP contribution is 2.29. The van der Waals surface area contributed by atoms with Gasteiger partial charge in [0.2, 0.25) is 0 Å². The predicted molar refractivity (Wildman–Crippen MR) is 50.8 cm³/mol. The maximum Gasteiger partial charge on any atom is 0.320 e. The Morgan fingerprint density at radius 1 is 1.21 bits per heavy atom. The normalized spacial score (nSPS) is 16.0. The number of hydrogen-bond donors (Lipinski definition) is 3. The van der Waals surface area contributed by atoms with Crippen LogP contribution in [0.4, 0.5) is 0 Å². The van der Waals surface area contributed by atoms with Crippen molar-refractivity contribution in [2.45, 2.75) is 33.2 Å². The van der Waals surface area contributed by atoms with Crippen molar-refractivity contribution in [2.75, 3.05) is 0 Å². The van der Waals surface area contributed by atoms with Crippen molar-refractivity contribution in [3.05, 3.63) is 0 Å². The van der Waals surface area contributed by atoms with Gasteiger partial charge in [0, 0.05) is 0 Å². The lowest BCUT2D eigenvalue weighted by molar-refractivity contribution is -0.147. The Morgan fingerprint density at radius 2 is 1.64 bits per heavy atom. The first-order valence-electron chi connectivity index (χ1n) is 4.37. The molecule has 0 aromatic carbocycles. The minimum absolute atomic E-state index is 0.0475. The van der Waals surface area contributed by atoms with Gasteiger partial charge in [-0.3, -0.25) is 9.59 Å². The van der Waals surface area contributed by atoms with Crippen molar-refractivity contribution in [1.82, 2.24) is 0 Å². The van der Waals surface area contributed by atoms with E-state index in [2.05, 4.69) is 0 Å². The largest absolute Gasteiger partial charge is 0.481 e. The van der Waals surface area contributed by atoms with Gasteiger partial charge < -0.3 is 15.9 Å². The van der Waals surface area contributed by atoms with Gasteiger partial charge in [-0.15, -0.1) is 0 Å². The Labute approximate surface area is 82.9 Å². The zero-order valence-electron chi connectivity index (χ0n) is 8.65. The summed E-state index contributed by atoms with van der Waals surface area (Å²) in [6.07, 6.45) is -0.0475. The maximum atomic E-state index is 10.9. The molecule has 0 spiro atoms. The highest BCUT2D eigenvalue weighted by atomic mass is 16.4. The van der Waals surface area contributed by atoms with Gasteiger partial charge in [-0.2, -0.15) is 0 Å². The quantitative estimate of drug-likeness (QED) is 0.619. The number of nitrogens with two attached hydrogens (primary N) is 1. The predicted octanol–water partition coefficient (Wildman–Crippen LogP) is 0.535. The molecule has 0 bridgehead atoms. The Morgan fingerprint density at radius 3 is 1.86 bits per heavy atom. The van der Waals surface area contributed by atoms with E-state index < -0.39 is 29.3 Å². The first kappa shape index (κ1) is 12.9. The lowest BCUT2D eigenvalue weighted by Gasteiger charge is -2.28. The molecule has 0 aliphatic rings. The molecule has 0 fully saturated rings. The van der Waals surface area contributed by atoms with E-state index in [9.17, 15) is 9.59 Å². The molecule has 0 saturated heterocycles. The number of carboxylic acids is 2. The van der Waals surface area contributed by atoms with E-state index in [4.69, 9.17) is 15.9 Å². The third kappa shape index (κ3) is 3.74. The Kier molecular flexibility index (Phi) is 4.07. The summed E-state index contributed by atoms with van der Waals surface area (Å²) in [4.78, 5) is 21.3. The van der Waals surface area contributed by atoms with Crippen molar-refractivity contribution in [1.29, 1.82) is 0 Å². The second-order valence-corrected chi connectivity index (χ2v) is 4.44. The minimum atomic E-state index is -1.17. The van der Waals surface area contributed by atoms with Gasteiger partial charge in [0.1, 0.15) is 6.04 Å². The van der Waals surface area contributed by atoms with E-state index in [0.717, 1.165) is 0 Å². The van der Waals surface area contributed by atoms with Crippen molar-refractivity contribution < 1.29 is 19.8 Å². The number of carbonyl (C=O) groups is 2. The summed E-state index contributed by atoms with van der Waals surface area (Å²) in [5.41, 5.74) is 4.80. The van der Waals surface area contributed by atoms with Crippen LogP contribution in [-0.4, -0.2) is 28.2 Å². The first-order valence-corrected chi connectivity index (χ1v) is 4.37. The minimum Gasteiger partial charge on any atom is -0.481 e. The van der Waals surface area contributed by atoms with Crippen LogP contribution in [0.2, 0.25) is 0 Å². The van der Waals surface area contributed by atoms with E-state index >= 15 is 0 Å². The van der Waals surface area contributed by atoms with Crippen LogP contribution in [-0.2, 0) is 9.59 Å². The summed E-state index contributed by atoms with van der Waals surface area (Å²) >= 11 is 0. The summed E-state index contributed by atoms with van der Waals surface area (Å²) in [6, 6.07) is -1.12. The van der Waals surface area contributed by atoms with Gasteiger partial charge in [0.05, 0.1) is 5.92 Å². The van der Waals surface area contributed by atoms with Gasteiger partial charge in [0.15, 0.2) is 0 Å². The fraction of sp³-hybridized carbons (Fsp3) is 0.778. The number of carboxylic acid groups (broad SMARTS) is 2. The molecule has 5 nitrogen and oxygen atoms in total. The first-order chi connectivity index (χ1) is 6.16. The van der Waals surface area contributed by atoms with Crippen LogP contribution in [0.15, 0.2) is 0 Å². The average molecular weight is 203 g/mol. The molecule has 0 radical (unpaired) electrons. The smallest absolute Gasteiger partial charge is 0.320 e. The molecule has 0 aromatic rings. The van der Waals surface area contributed by atoms with Gasteiger partial charge in [-0.25, -0.2) is 0 Å². The molecule has 2 atom stereocenters. The fourth-order valence-corrected chi connectivity index (χ4v) is 1.18. The van der Waals surface area contributed by atoms with Crippen LogP contribution in [0.5, 0.6) is 0 Å². The van der Waals surface area contributed by atoms with Crippen LogP contribution in [0.1, 0.15) is 27.2 Å². The Balaban J connectivity index is 4.55. The topological polar surface area (TPSA) is 101 Å². The zero-order valence-corrected chi connectivity index (χ0v) is 8.65. The second kappa shape index (κ2) is 4.41. The van der Waals surface area contributed by atoms with Gasteiger partial charge >= 0.3 is 11.9 Å². The van der Waals surface area contributed by atoms with Gasteiger partial charge in [0.25, 0.3) is 0 Å². The van der Waals surface area contributed by atoms with Gasteiger partial charge in [-0.05, 0) is 11.8 Å².